The van der Waals surface area contributed by atoms with Crippen molar-refractivity contribution < 1.29 is 14.3 Å². The summed E-state index contributed by atoms with van der Waals surface area (Å²) in [5, 5.41) is 10.9. The number of hydrogen-bond donors (Lipinski definition) is 1. The molecule has 1 unspecified atom stereocenters. The number of benzene rings is 1. The van der Waals surface area contributed by atoms with E-state index in [2.05, 4.69) is 0 Å². The normalized spacial score (nSPS) is 15.1. The molecule has 0 spiro atoms. The van der Waals surface area contributed by atoms with E-state index < -0.39 is 6.10 Å². The van der Waals surface area contributed by atoms with Crippen molar-refractivity contribution in [2.45, 2.75) is 25.9 Å². The minimum absolute atomic E-state index is 0.474. The minimum atomic E-state index is -0.607. The number of aliphatic hydroxyl groups excluding tert-OH is 1. The van der Waals surface area contributed by atoms with Gasteiger partial charge in [-0.3, -0.25) is 0 Å². The van der Waals surface area contributed by atoms with Crippen LogP contribution >= 0.6 is 11.6 Å². The van der Waals surface area contributed by atoms with Crippen LogP contribution in [0, 0.1) is 6.92 Å². The van der Waals surface area contributed by atoms with Crippen molar-refractivity contribution in [3.63, 3.8) is 0 Å². The Morgan fingerprint density at radius 3 is 2.95 bits per heavy atom. The maximum absolute atomic E-state index is 10.3. The van der Waals surface area contributed by atoms with Gasteiger partial charge in [0.25, 0.3) is 0 Å². The molecule has 2 aromatic rings. The Labute approximate surface area is 116 Å². The fraction of sp³-hybridized carbons (Fsp3) is 0.333. The second-order valence-electron chi connectivity index (χ2n) is 4.86. The van der Waals surface area contributed by atoms with Gasteiger partial charge in [0.15, 0.2) is 0 Å². The quantitative estimate of drug-likeness (QED) is 0.935. The summed E-state index contributed by atoms with van der Waals surface area (Å²) < 4.78 is 10.9. The van der Waals surface area contributed by atoms with Crippen molar-refractivity contribution >= 4 is 11.6 Å². The maximum Gasteiger partial charge on any atom is 0.126 e. The number of furan rings is 1. The molecule has 1 aromatic carbocycles. The first-order valence-corrected chi connectivity index (χ1v) is 6.68. The molecule has 0 bridgehead atoms. The predicted octanol–water partition coefficient (Wildman–Crippen LogP) is 3.45. The zero-order valence-electron chi connectivity index (χ0n) is 10.6. The largest absolute Gasteiger partial charge is 0.493 e. The second-order valence-corrected chi connectivity index (χ2v) is 5.30. The van der Waals surface area contributed by atoms with Crippen LogP contribution < -0.4 is 4.74 Å². The number of halogens is 1. The third kappa shape index (κ3) is 2.48. The molecule has 0 aliphatic carbocycles. The van der Waals surface area contributed by atoms with Gasteiger partial charge >= 0.3 is 0 Å². The lowest BCUT2D eigenvalue weighted by Gasteiger charge is -2.12. The number of hydrogen-bond acceptors (Lipinski definition) is 3. The SMILES string of the molecule is Cc1cc(C(O)Cc2cc(Cl)cc3c2OCC3)co1. The number of fused-ring (bicyclic) bond motifs is 1. The highest BCUT2D eigenvalue weighted by atomic mass is 35.5. The summed E-state index contributed by atoms with van der Waals surface area (Å²) in [5.74, 6) is 1.67. The number of ether oxygens (including phenoxy) is 1. The molecule has 1 aliphatic rings. The molecule has 1 aliphatic heterocycles. The fourth-order valence-electron chi connectivity index (χ4n) is 2.46. The summed E-state index contributed by atoms with van der Waals surface area (Å²) in [6, 6.07) is 5.64. The van der Waals surface area contributed by atoms with E-state index >= 15 is 0 Å². The van der Waals surface area contributed by atoms with E-state index in [1.54, 1.807) is 6.26 Å². The fourth-order valence-corrected chi connectivity index (χ4v) is 2.73. The molecule has 0 radical (unpaired) electrons. The molecule has 0 amide bonds. The van der Waals surface area contributed by atoms with Crippen LogP contribution in [0.15, 0.2) is 28.9 Å². The molecule has 100 valence electrons. The van der Waals surface area contributed by atoms with Crippen LogP contribution in [-0.4, -0.2) is 11.7 Å². The van der Waals surface area contributed by atoms with Crippen molar-refractivity contribution in [2.75, 3.05) is 6.61 Å². The summed E-state index contributed by atoms with van der Waals surface area (Å²) in [4.78, 5) is 0. The van der Waals surface area contributed by atoms with Gasteiger partial charge < -0.3 is 14.3 Å². The Morgan fingerprint density at radius 1 is 1.37 bits per heavy atom. The molecule has 2 heterocycles. The van der Waals surface area contributed by atoms with Crippen molar-refractivity contribution in [3.05, 3.63) is 51.9 Å². The molecular weight excluding hydrogens is 264 g/mol. The highest BCUT2D eigenvalue weighted by Crippen LogP contribution is 2.35. The zero-order chi connectivity index (χ0) is 13.4. The summed E-state index contributed by atoms with van der Waals surface area (Å²) in [5.41, 5.74) is 2.86. The van der Waals surface area contributed by atoms with E-state index in [4.69, 9.17) is 20.8 Å². The highest BCUT2D eigenvalue weighted by Gasteiger charge is 2.20. The lowest BCUT2D eigenvalue weighted by atomic mass is 10.00. The number of aliphatic hydroxyl groups is 1. The summed E-state index contributed by atoms with van der Waals surface area (Å²) in [7, 11) is 0. The summed E-state index contributed by atoms with van der Waals surface area (Å²) >= 11 is 6.11. The van der Waals surface area contributed by atoms with Crippen LogP contribution in [0.5, 0.6) is 5.75 Å². The average molecular weight is 279 g/mol. The molecule has 0 saturated carbocycles. The molecular formula is C15H15ClO3. The van der Waals surface area contributed by atoms with Gasteiger partial charge in [-0.1, -0.05) is 11.6 Å². The van der Waals surface area contributed by atoms with Gasteiger partial charge in [-0.05, 0) is 36.2 Å². The topological polar surface area (TPSA) is 42.6 Å². The molecule has 4 heteroatoms. The number of rotatable bonds is 3. The zero-order valence-corrected chi connectivity index (χ0v) is 11.4. The van der Waals surface area contributed by atoms with E-state index in [1.807, 2.05) is 25.1 Å². The predicted molar refractivity (Wildman–Crippen MR) is 72.8 cm³/mol. The van der Waals surface area contributed by atoms with Crippen LogP contribution in [-0.2, 0) is 12.8 Å². The average Bonchev–Trinajstić information content (AvgIpc) is 2.97. The first kappa shape index (κ1) is 12.6. The van der Waals surface area contributed by atoms with Gasteiger partial charge in [-0.2, -0.15) is 0 Å². The van der Waals surface area contributed by atoms with Gasteiger partial charge in [0.05, 0.1) is 19.0 Å². The summed E-state index contributed by atoms with van der Waals surface area (Å²) in [6.45, 7) is 2.54. The van der Waals surface area contributed by atoms with Gasteiger partial charge in [0.2, 0.25) is 0 Å². The maximum atomic E-state index is 10.3. The smallest absolute Gasteiger partial charge is 0.126 e. The third-order valence-corrected chi connectivity index (χ3v) is 3.59. The molecule has 1 atom stereocenters. The minimum Gasteiger partial charge on any atom is -0.493 e. The van der Waals surface area contributed by atoms with E-state index in [0.29, 0.717) is 18.1 Å². The van der Waals surface area contributed by atoms with Crippen LogP contribution in [0.2, 0.25) is 5.02 Å². The Morgan fingerprint density at radius 2 is 2.21 bits per heavy atom. The van der Waals surface area contributed by atoms with Crippen molar-refractivity contribution in [3.8, 4) is 5.75 Å². The highest BCUT2D eigenvalue weighted by molar-refractivity contribution is 6.30. The van der Waals surface area contributed by atoms with Crippen LogP contribution in [0.3, 0.4) is 0 Å². The third-order valence-electron chi connectivity index (χ3n) is 3.37. The van der Waals surface area contributed by atoms with Gasteiger partial charge in [-0.25, -0.2) is 0 Å². The van der Waals surface area contributed by atoms with Gasteiger partial charge in [0, 0.05) is 23.4 Å². The lowest BCUT2D eigenvalue weighted by Crippen LogP contribution is -2.02. The van der Waals surface area contributed by atoms with Crippen molar-refractivity contribution in [2.24, 2.45) is 0 Å². The number of aryl methyl sites for hydroxylation is 1. The van der Waals surface area contributed by atoms with Crippen molar-refractivity contribution in [1.29, 1.82) is 0 Å². The second kappa shape index (κ2) is 4.91. The van der Waals surface area contributed by atoms with E-state index in [-0.39, 0.29) is 0 Å². The van der Waals surface area contributed by atoms with Crippen molar-refractivity contribution in [1.82, 2.24) is 0 Å². The molecule has 0 fully saturated rings. The monoisotopic (exact) mass is 278 g/mol. The molecule has 19 heavy (non-hydrogen) atoms. The van der Waals surface area contributed by atoms with Gasteiger partial charge in [0.1, 0.15) is 11.5 Å². The van der Waals surface area contributed by atoms with Crippen LogP contribution in [0.25, 0.3) is 0 Å². The van der Waals surface area contributed by atoms with Crippen LogP contribution in [0.4, 0.5) is 0 Å². The Balaban J connectivity index is 1.87. The Kier molecular flexibility index (Phi) is 3.25. The van der Waals surface area contributed by atoms with Gasteiger partial charge in [-0.15, -0.1) is 0 Å². The lowest BCUT2D eigenvalue weighted by molar-refractivity contribution is 0.176. The molecule has 3 nitrogen and oxygen atoms in total. The Hall–Kier alpha value is -1.45. The standard InChI is InChI=1S/C15H15ClO3/c1-9-4-12(8-19-9)14(17)7-11-6-13(16)5-10-2-3-18-15(10)11/h4-6,8,14,17H,2-3,7H2,1H3. The van der Waals surface area contributed by atoms with Crippen LogP contribution in [0.1, 0.15) is 28.6 Å². The van der Waals surface area contributed by atoms with E-state index in [1.165, 1.54) is 0 Å². The van der Waals surface area contributed by atoms with E-state index in [0.717, 1.165) is 34.6 Å². The summed E-state index contributed by atoms with van der Waals surface area (Å²) in [6.07, 6.45) is 2.33. The molecule has 1 aromatic heterocycles. The van der Waals surface area contributed by atoms with E-state index in [9.17, 15) is 5.11 Å². The molecule has 0 saturated heterocycles. The first-order chi connectivity index (χ1) is 9.13. The molecule has 3 rings (SSSR count). The molecule has 1 N–H and O–H groups in total. The Bertz CT molecular complexity index is 603. The first-order valence-electron chi connectivity index (χ1n) is 6.30.